The molecule has 1 heterocycles. The first-order chi connectivity index (χ1) is 13.3. The molecule has 0 spiro atoms. The molecule has 0 bridgehead atoms. The zero-order valence-corrected chi connectivity index (χ0v) is 16.7. The van der Waals surface area contributed by atoms with Crippen molar-refractivity contribution < 1.29 is 4.74 Å². The lowest BCUT2D eigenvalue weighted by Gasteiger charge is -2.13. The number of nitrogens with one attached hydrogen (secondary N) is 2. The van der Waals surface area contributed by atoms with Crippen LogP contribution in [0.3, 0.4) is 0 Å². The first kappa shape index (κ1) is 20.7. The molecule has 0 amide bonds. The second-order valence-electron chi connectivity index (χ2n) is 6.37. The molecule has 1 aromatic carbocycles. The van der Waals surface area contributed by atoms with Crippen molar-refractivity contribution in [3.05, 3.63) is 42.0 Å². The van der Waals surface area contributed by atoms with Crippen LogP contribution in [-0.4, -0.2) is 40.9 Å². The van der Waals surface area contributed by atoms with Gasteiger partial charge in [-0.05, 0) is 24.1 Å². The van der Waals surface area contributed by atoms with Crippen LogP contribution in [0.4, 0.5) is 0 Å². The number of hydrogen-bond donors (Lipinski definition) is 2. The van der Waals surface area contributed by atoms with E-state index in [1.54, 1.807) is 13.4 Å². The Morgan fingerprint density at radius 2 is 1.89 bits per heavy atom. The van der Waals surface area contributed by atoms with Crippen molar-refractivity contribution in [1.82, 2.24) is 25.4 Å². The minimum atomic E-state index is 0.625. The first-order valence-corrected chi connectivity index (χ1v) is 9.78. The van der Waals surface area contributed by atoms with Gasteiger partial charge in [-0.15, -0.1) is 10.2 Å². The van der Waals surface area contributed by atoms with Crippen LogP contribution in [0, 0.1) is 0 Å². The Hall–Kier alpha value is -2.57. The number of aromatic nitrogens is 3. The predicted molar refractivity (Wildman–Crippen MR) is 109 cm³/mol. The number of methoxy groups -OCH3 is 1. The predicted octanol–water partition coefficient (Wildman–Crippen LogP) is 2.77. The van der Waals surface area contributed by atoms with Crippen molar-refractivity contribution in [2.45, 2.75) is 52.6 Å². The monoisotopic (exact) mass is 372 g/mol. The van der Waals surface area contributed by atoms with Gasteiger partial charge in [0.15, 0.2) is 5.96 Å². The summed E-state index contributed by atoms with van der Waals surface area (Å²) >= 11 is 0. The molecule has 0 saturated carbocycles. The lowest BCUT2D eigenvalue weighted by Crippen LogP contribution is -2.39. The molecule has 0 aliphatic heterocycles. The largest absolute Gasteiger partial charge is 0.497 e. The van der Waals surface area contributed by atoms with E-state index in [4.69, 9.17) is 9.73 Å². The summed E-state index contributed by atoms with van der Waals surface area (Å²) in [7, 11) is 1.68. The number of hydrogen-bond acceptors (Lipinski definition) is 4. The van der Waals surface area contributed by atoms with Crippen LogP contribution in [0.25, 0.3) is 0 Å². The van der Waals surface area contributed by atoms with Gasteiger partial charge in [0.2, 0.25) is 0 Å². The standard InChI is InChI=1S/C20H32N6O/c1-4-6-7-12-21-20(22-13-14-26-16-24-25-19(26)5-2)23-15-17-8-10-18(27-3)11-9-17/h8-11,16H,4-7,12-15H2,1-3H3,(H2,21,22,23). The second-order valence-corrected chi connectivity index (χ2v) is 6.37. The average molecular weight is 373 g/mol. The van der Waals surface area contributed by atoms with Gasteiger partial charge in [-0.2, -0.15) is 0 Å². The zero-order chi connectivity index (χ0) is 19.3. The van der Waals surface area contributed by atoms with Gasteiger partial charge in [0.05, 0.1) is 13.7 Å². The number of ether oxygens (including phenoxy) is 1. The summed E-state index contributed by atoms with van der Waals surface area (Å²) < 4.78 is 7.28. The normalized spacial score (nSPS) is 11.4. The molecule has 2 rings (SSSR count). The van der Waals surface area contributed by atoms with Crippen molar-refractivity contribution in [1.29, 1.82) is 0 Å². The van der Waals surface area contributed by atoms with Crippen LogP contribution in [-0.2, 0) is 19.5 Å². The molecular formula is C20H32N6O. The zero-order valence-electron chi connectivity index (χ0n) is 16.7. The smallest absolute Gasteiger partial charge is 0.191 e. The molecule has 0 fully saturated rings. The van der Waals surface area contributed by atoms with Gasteiger partial charge in [-0.25, -0.2) is 4.99 Å². The molecule has 2 N–H and O–H groups in total. The van der Waals surface area contributed by atoms with E-state index in [0.717, 1.165) is 55.6 Å². The van der Waals surface area contributed by atoms with Gasteiger partial charge in [0.25, 0.3) is 0 Å². The molecule has 7 heteroatoms. The van der Waals surface area contributed by atoms with Crippen molar-refractivity contribution in [2.24, 2.45) is 4.99 Å². The van der Waals surface area contributed by atoms with Crippen LogP contribution >= 0.6 is 0 Å². The fraction of sp³-hybridized carbons (Fsp3) is 0.550. The third-order valence-electron chi connectivity index (χ3n) is 4.31. The summed E-state index contributed by atoms with van der Waals surface area (Å²) in [5.74, 6) is 2.71. The van der Waals surface area contributed by atoms with Gasteiger partial charge in [-0.3, -0.25) is 0 Å². The summed E-state index contributed by atoms with van der Waals surface area (Å²) in [6, 6.07) is 8.01. The Balaban J connectivity index is 1.90. The maximum Gasteiger partial charge on any atom is 0.191 e. The SMILES string of the molecule is CCCCCNC(=NCc1ccc(OC)cc1)NCCn1cnnc1CC. The summed E-state index contributed by atoms with van der Waals surface area (Å²) in [4.78, 5) is 4.72. The van der Waals surface area contributed by atoms with E-state index in [9.17, 15) is 0 Å². The van der Waals surface area contributed by atoms with E-state index in [1.807, 2.05) is 24.3 Å². The van der Waals surface area contributed by atoms with E-state index in [2.05, 4.69) is 39.2 Å². The molecular weight excluding hydrogens is 340 g/mol. The average Bonchev–Trinajstić information content (AvgIpc) is 3.16. The second kappa shape index (κ2) is 11.9. The van der Waals surface area contributed by atoms with Crippen molar-refractivity contribution >= 4 is 5.96 Å². The Morgan fingerprint density at radius 1 is 1.11 bits per heavy atom. The van der Waals surface area contributed by atoms with Crippen LogP contribution in [0.2, 0.25) is 0 Å². The molecule has 0 atom stereocenters. The molecule has 0 radical (unpaired) electrons. The summed E-state index contributed by atoms with van der Waals surface area (Å²) in [5, 5.41) is 14.9. The highest BCUT2D eigenvalue weighted by Crippen LogP contribution is 2.11. The Morgan fingerprint density at radius 3 is 2.59 bits per heavy atom. The quantitative estimate of drug-likeness (QED) is 0.360. The highest BCUT2D eigenvalue weighted by atomic mass is 16.5. The highest BCUT2D eigenvalue weighted by molar-refractivity contribution is 5.79. The number of nitrogens with zero attached hydrogens (tertiary/aromatic N) is 4. The number of rotatable bonds is 11. The lowest BCUT2D eigenvalue weighted by atomic mass is 10.2. The van der Waals surface area contributed by atoms with Crippen LogP contribution in [0.5, 0.6) is 5.75 Å². The molecule has 0 saturated heterocycles. The van der Waals surface area contributed by atoms with Gasteiger partial charge in [0, 0.05) is 26.1 Å². The van der Waals surface area contributed by atoms with Crippen LogP contribution in [0.1, 0.15) is 44.5 Å². The van der Waals surface area contributed by atoms with Gasteiger partial charge >= 0.3 is 0 Å². The third-order valence-corrected chi connectivity index (χ3v) is 4.31. The summed E-state index contributed by atoms with van der Waals surface area (Å²) in [6.07, 6.45) is 6.24. The Labute approximate surface area is 162 Å². The fourth-order valence-corrected chi connectivity index (χ4v) is 2.69. The number of benzene rings is 1. The van der Waals surface area contributed by atoms with E-state index >= 15 is 0 Å². The number of unbranched alkanes of at least 4 members (excludes halogenated alkanes) is 2. The number of aryl methyl sites for hydroxylation is 1. The maximum absolute atomic E-state index is 5.21. The van der Waals surface area contributed by atoms with Gasteiger partial charge in [0.1, 0.15) is 17.9 Å². The molecule has 2 aromatic rings. The topological polar surface area (TPSA) is 76.4 Å². The molecule has 27 heavy (non-hydrogen) atoms. The Bertz CT molecular complexity index is 680. The summed E-state index contributed by atoms with van der Waals surface area (Å²) in [6.45, 7) is 7.43. The van der Waals surface area contributed by atoms with E-state index < -0.39 is 0 Å². The third kappa shape index (κ3) is 7.29. The number of guanidine groups is 1. The molecule has 1 aromatic heterocycles. The molecule has 148 valence electrons. The molecule has 0 aliphatic carbocycles. The molecule has 0 unspecified atom stereocenters. The van der Waals surface area contributed by atoms with Gasteiger partial charge in [-0.1, -0.05) is 38.8 Å². The summed E-state index contributed by atoms with van der Waals surface area (Å²) in [5.41, 5.74) is 1.15. The van der Waals surface area contributed by atoms with Crippen molar-refractivity contribution in [2.75, 3.05) is 20.2 Å². The highest BCUT2D eigenvalue weighted by Gasteiger charge is 2.03. The molecule has 0 aliphatic rings. The molecule has 7 nitrogen and oxygen atoms in total. The lowest BCUT2D eigenvalue weighted by molar-refractivity contribution is 0.414. The van der Waals surface area contributed by atoms with Crippen LogP contribution in [0.15, 0.2) is 35.6 Å². The van der Waals surface area contributed by atoms with E-state index in [1.165, 1.54) is 12.8 Å². The number of aliphatic imine (C=N–C) groups is 1. The fourth-order valence-electron chi connectivity index (χ4n) is 2.69. The van der Waals surface area contributed by atoms with E-state index in [-0.39, 0.29) is 0 Å². The van der Waals surface area contributed by atoms with Crippen molar-refractivity contribution in [3.8, 4) is 5.75 Å². The first-order valence-electron chi connectivity index (χ1n) is 9.78. The Kier molecular flexibility index (Phi) is 9.17. The minimum absolute atomic E-state index is 0.625. The minimum Gasteiger partial charge on any atom is -0.497 e. The van der Waals surface area contributed by atoms with Gasteiger partial charge < -0.3 is 19.9 Å². The maximum atomic E-state index is 5.21. The van der Waals surface area contributed by atoms with Crippen LogP contribution < -0.4 is 15.4 Å². The van der Waals surface area contributed by atoms with E-state index in [0.29, 0.717) is 6.54 Å². The van der Waals surface area contributed by atoms with Crippen molar-refractivity contribution in [3.63, 3.8) is 0 Å².